The molecular weight excluding hydrogens is 166 g/mol. The highest BCUT2D eigenvalue weighted by molar-refractivity contribution is 8.03. The highest BCUT2D eigenvalue weighted by Crippen LogP contribution is 2.38. The first-order valence-electron chi connectivity index (χ1n) is 4.58. The zero-order chi connectivity index (χ0) is 8.55. The first-order chi connectivity index (χ1) is 5.79. The van der Waals surface area contributed by atoms with Gasteiger partial charge in [0.15, 0.2) is 0 Å². The normalized spacial score (nSPS) is 22.4. The molecule has 0 aromatic carbocycles. The Morgan fingerprint density at radius 1 is 1.50 bits per heavy atom. The summed E-state index contributed by atoms with van der Waals surface area (Å²) in [6, 6.07) is 0.663. The largest absolute Gasteiger partial charge is 0.362 e. The van der Waals surface area contributed by atoms with Crippen molar-refractivity contribution in [2.24, 2.45) is 0 Å². The molecule has 0 atom stereocenters. The molecule has 0 spiro atoms. The van der Waals surface area contributed by atoms with Gasteiger partial charge in [-0.1, -0.05) is 12.2 Å². The van der Waals surface area contributed by atoms with Crippen molar-refractivity contribution in [2.45, 2.75) is 32.7 Å². The van der Waals surface area contributed by atoms with Gasteiger partial charge in [-0.2, -0.15) is 0 Å². The van der Waals surface area contributed by atoms with E-state index >= 15 is 0 Å². The topological polar surface area (TPSA) is 3.24 Å². The van der Waals surface area contributed by atoms with E-state index in [9.17, 15) is 0 Å². The highest BCUT2D eigenvalue weighted by atomic mass is 32.2. The first kappa shape index (κ1) is 8.24. The Kier molecular flexibility index (Phi) is 2.18. The molecule has 2 aliphatic rings. The molecule has 0 unspecified atom stereocenters. The summed E-state index contributed by atoms with van der Waals surface area (Å²) < 4.78 is 0. The number of hydrogen-bond donors (Lipinski definition) is 0. The zero-order valence-corrected chi connectivity index (χ0v) is 8.53. The van der Waals surface area contributed by atoms with E-state index in [4.69, 9.17) is 0 Å². The minimum atomic E-state index is 0.663. The Morgan fingerprint density at radius 3 is 3.08 bits per heavy atom. The second-order valence-electron chi connectivity index (χ2n) is 3.59. The van der Waals surface area contributed by atoms with Crippen molar-refractivity contribution in [3.63, 3.8) is 0 Å². The lowest BCUT2D eigenvalue weighted by molar-refractivity contribution is 0.325. The Balaban J connectivity index is 2.22. The number of nitrogens with zero attached hydrogens (tertiary/aromatic N) is 1. The lowest BCUT2D eigenvalue weighted by Crippen LogP contribution is -2.27. The van der Waals surface area contributed by atoms with Gasteiger partial charge in [0, 0.05) is 16.6 Å². The van der Waals surface area contributed by atoms with Crippen LogP contribution in [-0.2, 0) is 0 Å². The van der Waals surface area contributed by atoms with Crippen LogP contribution in [0.15, 0.2) is 22.8 Å². The van der Waals surface area contributed by atoms with E-state index in [-0.39, 0.29) is 0 Å². The lowest BCUT2D eigenvalue weighted by Gasteiger charge is -2.26. The molecule has 1 nitrogen and oxygen atoms in total. The molecule has 2 rings (SSSR count). The van der Waals surface area contributed by atoms with Crippen molar-refractivity contribution < 1.29 is 0 Å². The minimum absolute atomic E-state index is 0.663. The van der Waals surface area contributed by atoms with Gasteiger partial charge in [0.05, 0.1) is 5.88 Å². The molecule has 1 aliphatic heterocycles. The molecule has 1 heterocycles. The van der Waals surface area contributed by atoms with Gasteiger partial charge in [0.25, 0.3) is 0 Å². The third-order valence-corrected chi connectivity index (χ3v) is 3.52. The van der Waals surface area contributed by atoms with Crippen LogP contribution >= 0.6 is 11.8 Å². The van der Waals surface area contributed by atoms with Crippen LogP contribution in [0, 0.1) is 0 Å². The van der Waals surface area contributed by atoms with E-state index in [1.807, 2.05) is 11.8 Å². The third-order valence-electron chi connectivity index (χ3n) is 2.43. The molecule has 0 saturated carbocycles. The van der Waals surface area contributed by atoms with Crippen LogP contribution < -0.4 is 0 Å². The van der Waals surface area contributed by atoms with E-state index in [1.54, 1.807) is 5.70 Å². The van der Waals surface area contributed by atoms with E-state index in [2.05, 4.69) is 30.9 Å². The molecule has 0 aromatic heterocycles. The summed E-state index contributed by atoms with van der Waals surface area (Å²) in [5.74, 6) is 1.16. The molecule has 1 aliphatic carbocycles. The van der Waals surface area contributed by atoms with E-state index in [0.29, 0.717) is 6.04 Å². The quantitative estimate of drug-likeness (QED) is 0.612. The van der Waals surface area contributed by atoms with Gasteiger partial charge in [0.2, 0.25) is 0 Å². The van der Waals surface area contributed by atoms with Gasteiger partial charge in [-0.15, -0.1) is 11.8 Å². The fourth-order valence-corrected chi connectivity index (χ4v) is 3.03. The van der Waals surface area contributed by atoms with Gasteiger partial charge in [-0.25, -0.2) is 0 Å². The van der Waals surface area contributed by atoms with Crippen molar-refractivity contribution in [1.29, 1.82) is 0 Å². The number of rotatable bonds is 1. The van der Waals surface area contributed by atoms with Crippen molar-refractivity contribution >= 4 is 11.8 Å². The molecule has 0 aromatic rings. The van der Waals surface area contributed by atoms with Crippen LogP contribution in [0.1, 0.15) is 26.7 Å². The van der Waals surface area contributed by atoms with Crippen molar-refractivity contribution in [1.82, 2.24) is 4.90 Å². The number of hydrogen-bond acceptors (Lipinski definition) is 2. The van der Waals surface area contributed by atoms with Crippen molar-refractivity contribution in [2.75, 3.05) is 5.88 Å². The molecule has 66 valence electrons. The number of thioether (sulfide) groups is 1. The van der Waals surface area contributed by atoms with E-state index in [0.717, 1.165) is 5.88 Å². The van der Waals surface area contributed by atoms with Crippen LogP contribution in [0.5, 0.6) is 0 Å². The van der Waals surface area contributed by atoms with Crippen molar-refractivity contribution in [3.8, 4) is 0 Å². The molecule has 0 amide bonds. The predicted octanol–water partition coefficient (Wildman–Crippen LogP) is 2.96. The summed E-state index contributed by atoms with van der Waals surface area (Å²) in [6.07, 6.45) is 7.04. The van der Waals surface area contributed by atoms with E-state index in [1.165, 1.54) is 17.7 Å². The molecular formula is C10H15NS. The predicted molar refractivity (Wildman–Crippen MR) is 54.8 cm³/mol. The van der Waals surface area contributed by atoms with Crippen LogP contribution in [0.3, 0.4) is 0 Å². The maximum Gasteiger partial charge on any atom is 0.0686 e. The maximum atomic E-state index is 2.52. The summed E-state index contributed by atoms with van der Waals surface area (Å²) >= 11 is 1.98. The highest BCUT2D eigenvalue weighted by Gasteiger charge is 2.24. The Labute approximate surface area is 78.5 Å². The molecule has 0 N–H and O–H groups in total. The fourth-order valence-electron chi connectivity index (χ4n) is 1.72. The minimum Gasteiger partial charge on any atom is -0.362 e. The monoisotopic (exact) mass is 181 g/mol. The van der Waals surface area contributed by atoms with Gasteiger partial charge in [-0.05, 0) is 26.7 Å². The third kappa shape index (κ3) is 1.28. The van der Waals surface area contributed by atoms with Crippen LogP contribution in [0.25, 0.3) is 0 Å². The molecule has 0 bridgehead atoms. The fraction of sp³-hybridized carbons (Fsp3) is 0.600. The SMILES string of the molecule is CC(C)N1CSC2=C1CCC=C2. The molecule has 0 radical (unpaired) electrons. The molecule has 0 saturated heterocycles. The van der Waals surface area contributed by atoms with E-state index < -0.39 is 0 Å². The van der Waals surface area contributed by atoms with Crippen molar-refractivity contribution in [3.05, 3.63) is 22.8 Å². The van der Waals surface area contributed by atoms with Gasteiger partial charge >= 0.3 is 0 Å². The summed E-state index contributed by atoms with van der Waals surface area (Å²) in [4.78, 5) is 4.03. The summed E-state index contributed by atoms with van der Waals surface area (Å²) in [5, 5.41) is 0. The van der Waals surface area contributed by atoms with Gasteiger partial charge in [0.1, 0.15) is 0 Å². The Bertz CT molecular complexity index is 240. The maximum absolute atomic E-state index is 2.52. The summed E-state index contributed by atoms with van der Waals surface area (Å²) in [5.41, 5.74) is 1.58. The molecule has 2 heteroatoms. The Morgan fingerprint density at radius 2 is 2.33 bits per heavy atom. The summed E-state index contributed by atoms with van der Waals surface area (Å²) in [7, 11) is 0. The first-order valence-corrected chi connectivity index (χ1v) is 5.56. The van der Waals surface area contributed by atoms with Crippen LogP contribution in [0.4, 0.5) is 0 Å². The Hall–Kier alpha value is -0.370. The smallest absolute Gasteiger partial charge is 0.0686 e. The zero-order valence-electron chi connectivity index (χ0n) is 7.71. The van der Waals surface area contributed by atoms with Gasteiger partial charge in [-0.3, -0.25) is 0 Å². The molecule has 0 fully saturated rings. The van der Waals surface area contributed by atoms with Crippen LogP contribution in [-0.4, -0.2) is 16.8 Å². The van der Waals surface area contributed by atoms with Gasteiger partial charge < -0.3 is 4.90 Å². The summed E-state index contributed by atoms with van der Waals surface area (Å²) in [6.45, 7) is 4.55. The standard InChI is InChI=1S/C10H15NS/c1-8(2)11-7-12-10-6-4-3-5-9(10)11/h4,6,8H,3,5,7H2,1-2H3. The van der Waals surface area contributed by atoms with Crippen LogP contribution in [0.2, 0.25) is 0 Å². The second-order valence-corrected chi connectivity index (χ2v) is 4.58. The average molecular weight is 181 g/mol. The molecule has 12 heavy (non-hydrogen) atoms. The lowest BCUT2D eigenvalue weighted by atomic mass is 10.1. The number of allylic oxidation sites excluding steroid dienone is 3. The average Bonchev–Trinajstić information content (AvgIpc) is 2.47. The second kappa shape index (κ2) is 3.17.